The van der Waals surface area contributed by atoms with E-state index >= 15 is 0 Å². The average molecular weight is 272 g/mol. The van der Waals surface area contributed by atoms with Gasteiger partial charge in [-0.3, -0.25) is 0 Å². The summed E-state index contributed by atoms with van der Waals surface area (Å²) < 4.78 is 24.7. The van der Waals surface area contributed by atoms with Crippen molar-refractivity contribution in [3.05, 3.63) is 59.4 Å². The van der Waals surface area contributed by atoms with Crippen LogP contribution >= 0.6 is 0 Å². The van der Waals surface area contributed by atoms with Crippen molar-refractivity contribution in [2.24, 2.45) is 0 Å². The highest BCUT2D eigenvalue weighted by Crippen LogP contribution is 2.33. The van der Waals surface area contributed by atoms with Gasteiger partial charge in [0.25, 0.3) is 0 Å². The van der Waals surface area contributed by atoms with Crippen LogP contribution in [0.15, 0.2) is 42.5 Å². The average Bonchev–Trinajstić information content (AvgIpc) is 2.48. The summed E-state index contributed by atoms with van der Waals surface area (Å²) in [7, 11) is 0. The molecule has 1 atom stereocenters. The monoisotopic (exact) mass is 272 g/mol. The molecule has 3 rings (SSSR count). The Kier molecular flexibility index (Phi) is 3.59. The molecular weight excluding hydrogens is 255 g/mol. The molecule has 0 spiro atoms. The summed E-state index contributed by atoms with van der Waals surface area (Å²) in [5, 5.41) is 0. The highest BCUT2D eigenvalue weighted by molar-refractivity contribution is 5.38. The van der Waals surface area contributed by atoms with Crippen molar-refractivity contribution in [2.45, 2.75) is 19.3 Å². The number of halogens is 1. The molecular formula is C17H17FO2. The van der Waals surface area contributed by atoms with E-state index < -0.39 is 0 Å². The minimum Gasteiger partial charge on any atom is -0.493 e. The number of ether oxygens (including phenoxy) is 2. The first-order valence-corrected chi connectivity index (χ1v) is 6.85. The Bertz CT molecular complexity index is 610. The lowest BCUT2D eigenvalue weighted by atomic mass is 9.94. The molecule has 0 saturated heterocycles. The number of aryl methyl sites for hydroxylation is 1. The summed E-state index contributed by atoms with van der Waals surface area (Å²) in [5.41, 5.74) is 1.80. The van der Waals surface area contributed by atoms with Gasteiger partial charge in [-0.2, -0.15) is 0 Å². The molecule has 2 aromatic rings. The first kappa shape index (κ1) is 13.0. The maximum atomic E-state index is 13.2. The van der Waals surface area contributed by atoms with Gasteiger partial charge in [0.1, 0.15) is 17.3 Å². The van der Waals surface area contributed by atoms with E-state index in [1.54, 1.807) is 19.1 Å². The summed E-state index contributed by atoms with van der Waals surface area (Å²) in [6, 6.07) is 12.9. The van der Waals surface area contributed by atoms with Crippen LogP contribution in [0.1, 0.15) is 23.5 Å². The fourth-order valence-electron chi connectivity index (χ4n) is 2.49. The largest absolute Gasteiger partial charge is 0.493 e. The van der Waals surface area contributed by atoms with Crippen LogP contribution in [0.4, 0.5) is 4.39 Å². The van der Waals surface area contributed by atoms with E-state index in [0.29, 0.717) is 30.4 Å². The van der Waals surface area contributed by atoms with Crippen LogP contribution in [0.5, 0.6) is 11.5 Å². The second-order valence-electron chi connectivity index (χ2n) is 5.09. The number of para-hydroxylation sites is 1. The zero-order chi connectivity index (χ0) is 13.9. The Balaban J connectivity index is 1.71. The number of rotatable bonds is 3. The van der Waals surface area contributed by atoms with Crippen LogP contribution in [0.3, 0.4) is 0 Å². The lowest BCUT2D eigenvalue weighted by Crippen LogP contribution is -2.19. The molecule has 1 unspecified atom stereocenters. The van der Waals surface area contributed by atoms with Gasteiger partial charge in [-0.15, -0.1) is 0 Å². The van der Waals surface area contributed by atoms with Crippen molar-refractivity contribution in [2.75, 3.05) is 13.2 Å². The van der Waals surface area contributed by atoms with E-state index in [9.17, 15) is 4.39 Å². The SMILES string of the molecule is Cc1cc(OCC2CCOc3ccccc32)ccc1F. The number of hydrogen-bond donors (Lipinski definition) is 0. The van der Waals surface area contributed by atoms with Gasteiger partial charge in [0.05, 0.1) is 13.2 Å². The smallest absolute Gasteiger partial charge is 0.126 e. The Labute approximate surface area is 118 Å². The Hall–Kier alpha value is -2.03. The molecule has 0 bridgehead atoms. The zero-order valence-electron chi connectivity index (χ0n) is 11.4. The van der Waals surface area contributed by atoms with E-state index in [1.807, 2.05) is 18.2 Å². The lowest BCUT2D eigenvalue weighted by molar-refractivity contribution is 0.217. The molecule has 2 aromatic carbocycles. The molecule has 2 nitrogen and oxygen atoms in total. The molecule has 0 radical (unpaired) electrons. The topological polar surface area (TPSA) is 18.5 Å². The van der Waals surface area contributed by atoms with Crippen LogP contribution in [0, 0.1) is 12.7 Å². The van der Waals surface area contributed by atoms with E-state index in [4.69, 9.17) is 9.47 Å². The van der Waals surface area contributed by atoms with Gasteiger partial charge in [0.2, 0.25) is 0 Å². The zero-order valence-corrected chi connectivity index (χ0v) is 11.4. The predicted octanol–water partition coefficient (Wildman–Crippen LogP) is 4.08. The predicted molar refractivity (Wildman–Crippen MR) is 75.9 cm³/mol. The van der Waals surface area contributed by atoms with Crippen molar-refractivity contribution >= 4 is 0 Å². The first-order chi connectivity index (χ1) is 9.74. The van der Waals surface area contributed by atoms with Crippen molar-refractivity contribution in [3.63, 3.8) is 0 Å². The maximum absolute atomic E-state index is 13.2. The molecule has 0 fully saturated rings. The van der Waals surface area contributed by atoms with Crippen molar-refractivity contribution in [1.82, 2.24) is 0 Å². The summed E-state index contributed by atoms with van der Waals surface area (Å²) in [6.07, 6.45) is 0.942. The third-order valence-corrected chi connectivity index (χ3v) is 3.66. The van der Waals surface area contributed by atoms with E-state index in [-0.39, 0.29) is 5.82 Å². The fraction of sp³-hybridized carbons (Fsp3) is 0.294. The van der Waals surface area contributed by atoms with Crippen LogP contribution in [0.2, 0.25) is 0 Å². The molecule has 0 saturated carbocycles. The summed E-state index contributed by atoms with van der Waals surface area (Å²) in [6.45, 7) is 3.05. The van der Waals surface area contributed by atoms with Gasteiger partial charge in [0.15, 0.2) is 0 Å². The second-order valence-corrected chi connectivity index (χ2v) is 5.09. The van der Waals surface area contributed by atoms with Gasteiger partial charge in [-0.25, -0.2) is 4.39 Å². The van der Waals surface area contributed by atoms with E-state index in [0.717, 1.165) is 12.2 Å². The van der Waals surface area contributed by atoms with Gasteiger partial charge >= 0.3 is 0 Å². The van der Waals surface area contributed by atoms with Crippen LogP contribution < -0.4 is 9.47 Å². The molecule has 0 aromatic heterocycles. The van der Waals surface area contributed by atoms with Crippen molar-refractivity contribution in [3.8, 4) is 11.5 Å². The summed E-state index contributed by atoms with van der Waals surface area (Å²) >= 11 is 0. The molecule has 0 N–H and O–H groups in total. The fourth-order valence-corrected chi connectivity index (χ4v) is 2.49. The minimum atomic E-state index is -0.200. The molecule has 20 heavy (non-hydrogen) atoms. The molecule has 104 valence electrons. The van der Waals surface area contributed by atoms with Gasteiger partial charge in [0, 0.05) is 11.5 Å². The molecule has 0 amide bonds. The number of benzene rings is 2. The van der Waals surface area contributed by atoms with E-state index in [2.05, 4.69) is 6.07 Å². The van der Waals surface area contributed by atoms with E-state index in [1.165, 1.54) is 11.6 Å². The first-order valence-electron chi connectivity index (χ1n) is 6.85. The van der Waals surface area contributed by atoms with Gasteiger partial charge in [-0.1, -0.05) is 18.2 Å². The summed E-state index contributed by atoms with van der Waals surface area (Å²) in [5.74, 6) is 1.79. The third-order valence-electron chi connectivity index (χ3n) is 3.66. The van der Waals surface area contributed by atoms with Crippen molar-refractivity contribution in [1.29, 1.82) is 0 Å². The van der Waals surface area contributed by atoms with Crippen LogP contribution in [-0.2, 0) is 0 Å². The van der Waals surface area contributed by atoms with Gasteiger partial charge in [-0.05, 0) is 43.2 Å². The third kappa shape index (κ3) is 2.62. The Morgan fingerprint density at radius 2 is 2.10 bits per heavy atom. The minimum absolute atomic E-state index is 0.200. The number of fused-ring (bicyclic) bond motifs is 1. The highest BCUT2D eigenvalue weighted by Gasteiger charge is 2.21. The molecule has 1 aliphatic heterocycles. The maximum Gasteiger partial charge on any atom is 0.126 e. The number of hydrogen-bond acceptors (Lipinski definition) is 2. The quantitative estimate of drug-likeness (QED) is 0.838. The standard InChI is InChI=1S/C17H17FO2/c1-12-10-14(6-7-16(12)18)20-11-13-8-9-19-17-5-3-2-4-15(13)17/h2-7,10,13H,8-9,11H2,1H3. The van der Waals surface area contributed by atoms with Crippen LogP contribution in [-0.4, -0.2) is 13.2 Å². The lowest BCUT2D eigenvalue weighted by Gasteiger charge is -2.25. The molecule has 3 heteroatoms. The molecule has 1 heterocycles. The Morgan fingerprint density at radius 1 is 1.25 bits per heavy atom. The molecule has 1 aliphatic rings. The van der Waals surface area contributed by atoms with Crippen LogP contribution in [0.25, 0.3) is 0 Å². The highest BCUT2D eigenvalue weighted by atomic mass is 19.1. The van der Waals surface area contributed by atoms with Crippen molar-refractivity contribution < 1.29 is 13.9 Å². The second kappa shape index (κ2) is 5.53. The van der Waals surface area contributed by atoms with Gasteiger partial charge < -0.3 is 9.47 Å². The normalized spacial score (nSPS) is 17.2. The molecule has 0 aliphatic carbocycles. The summed E-state index contributed by atoms with van der Waals surface area (Å²) in [4.78, 5) is 0. The Morgan fingerprint density at radius 3 is 2.95 bits per heavy atom.